The van der Waals surface area contributed by atoms with Gasteiger partial charge in [0.15, 0.2) is 0 Å². The molecule has 12 heteroatoms. The van der Waals surface area contributed by atoms with Crippen molar-refractivity contribution in [1.82, 2.24) is 16.0 Å². The molecule has 0 aliphatic rings. The van der Waals surface area contributed by atoms with Crippen molar-refractivity contribution in [3.63, 3.8) is 0 Å². The van der Waals surface area contributed by atoms with Crippen LogP contribution in [0.25, 0.3) is 0 Å². The third kappa shape index (κ3) is 12.5. The Morgan fingerprint density at radius 2 is 1.38 bits per heavy atom. The van der Waals surface area contributed by atoms with E-state index in [9.17, 15) is 29.1 Å². The monoisotopic (exact) mass is 487 g/mol. The summed E-state index contributed by atoms with van der Waals surface area (Å²) in [4.78, 5) is 60.7. The molecule has 0 radical (unpaired) electrons. The molecule has 0 spiro atoms. The van der Waals surface area contributed by atoms with Crippen LogP contribution in [0, 0.1) is 11.8 Å². The summed E-state index contributed by atoms with van der Waals surface area (Å²) in [5, 5.41) is 25.8. The van der Waals surface area contributed by atoms with E-state index in [0.29, 0.717) is 25.8 Å². The summed E-state index contributed by atoms with van der Waals surface area (Å²) in [6.45, 7) is 7.45. The Labute approximate surface area is 200 Å². The van der Waals surface area contributed by atoms with Gasteiger partial charge >= 0.3 is 11.9 Å². The predicted molar refractivity (Wildman–Crippen MR) is 125 cm³/mol. The van der Waals surface area contributed by atoms with E-state index in [-0.39, 0.29) is 24.7 Å². The molecule has 9 N–H and O–H groups in total. The number of carboxylic acids is 2. The van der Waals surface area contributed by atoms with Crippen molar-refractivity contribution in [2.75, 3.05) is 6.54 Å². The van der Waals surface area contributed by atoms with Crippen molar-refractivity contribution < 1.29 is 34.2 Å². The number of unbranched alkanes of at least 4 members (excludes halogenated alkanes) is 1. The number of carbonyl (C=O) groups excluding carboxylic acids is 3. The molecule has 196 valence electrons. The first-order valence-electron chi connectivity index (χ1n) is 11.6. The van der Waals surface area contributed by atoms with Crippen LogP contribution in [-0.4, -0.2) is 70.6 Å². The fraction of sp³-hybridized carbons (Fsp3) is 0.773. The van der Waals surface area contributed by atoms with Gasteiger partial charge in [-0.25, -0.2) is 4.79 Å². The third-order valence-corrected chi connectivity index (χ3v) is 5.15. The van der Waals surface area contributed by atoms with Gasteiger partial charge in [-0.05, 0) is 44.1 Å². The van der Waals surface area contributed by atoms with E-state index < -0.39 is 60.2 Å². The summed E-state index contributed by atoms with van der Waals surface area (Å²) >= 11 is 0. The fourth-order valence-electron chi connectivity index (χ4n) is 3.20. The zero-order valence-electron chi connectivity index (χ0n) is 20.5. The molecule has 0 rings (SSSR count). The number of nitrogens with one attached hydrogen (secondary N) is 3. The Bertz CT molecular complexity index is 699. The molecule has 0 saturated heterocycles. The smallest absolute Gasteiger partial charge is 0.326 e. The molecular formula is C22H41N5O7. The minimum absolute atomic E-state index is 0.0249. The molecule has 0 aliphatic heterocycles. The van der Waals surface area contributed by atoms with Crippen LogP contribution < -0.4 is 27.4 Å². The minimum Gasteiger partial charge on any atom is -0.481 e. The number of aliphatic carboxylic acids is 2. The molecule has 0 aromatic carbocycles. The Morgan fingerprint density at radius 1 is 0.794 bits per heavy atom. The average molecular weight is 488 g/mol. The predicted octanol–water partition coefficient (Wildman–Crippen LogP) is -0.451. The van der Waals surface area contributed by atoms with E-state index in [1.165, 1.54) is 0 Å². The molecule has 0 fully saturated rings. The fourth-order valence-corrected chi connectivity index (χ4v) is 3.20. The second-order valence-electron chi connectivity index (χ2n) is 9.14. The maximum atomic E-state index is 12.9. The topological polar surface area (TPSA) is 214 Å². The Hall–Kier alpha value is -2.73. The highest BCUT2D eigenvalue weighted by Gasteiger charge is 2.32. The van der Waals surface area contributed by atoms with Crippen LogP contribution >= 0.6 is 0 Å². The number of hydrogen-bond donors (Lipinski definition) is 7. The van der Waals surface area contributed by atoms with Crippen LogP contribution in [0.2, 0.25) is 0 Å². The van der Waals surface area contributed by atoms with Crippen LogP contribution in [0.4, 0.5) is 0 Å². The van der Waals surface area contributed by atoms with Crippen molar-refractivity contribution in [2.24, 2.45) is 23.3 Å². The van der Waals surface area contributed by atoms with Crippen molar-refractivity contribution in [3.05, 3.63) is 0 Å². The Kier molecular flexibility index (Phi) is 14.7. The molecule has 0 aliphatic carbocycles. The standard InChI is InChI=1S/C22H41N5O7/c1-12(2)11-16(22(33)34)26-20(31)15(8-9-17(28)29)25-21(32)18(13(3)4)27-19(30)14(24)7-5-6-10-23/h12-16,18H,5-11,23-24H2,1-4H3,(H,25,32)(H,26,31)(H,27,30)(H,28,29)(H,33,34). The lowest BCUT2D eigenvalue weighted by Gasteiger charge is -2.27. The average Bonchev–Trinajstić information content (AvgIpc) is 2.73. The highest BCUT2D eigenvalue weighted by Crippen LogP contribution is 2.09. The van der Waals surface area contributed by atoms with Crippen molar-refractivity contribution in [1.29, 1.82) is 0 Å². The zero-order chi connectivity index (χ0) is 26.4. The first-order valence-corrected chi connectivity index (χ1v) is 11.6. The van der Waals surface area contributed by atoms with Gasteiger partial charge in [-0.1, -0.05) is 34.1 Å². The molecule has 0 aromatic rings. The number of rotatable bonds is 17. The van der Waals surface area contributed by atoms with Gasteiger partial charge in [-0.2, -0.15) is 0 Å². The Balaban J connectivity index is 5.42. The lowest BCUT2D eigenvalue weighted by atomic mass is 10.0. The van der Waals surface area contributed by atoms with Gasteiger partial charge in [0, 0.05) is 6.42 Å². The van der Waals surface area contributed by atoms with E-state index in [2.05, 4.69) is 16.0 Å². The van der Waals surface area contributed by atoms with Crippen LogP contribution in [-0.2, 0) is 24.0 Å². The van der Waals surface area contributed by atoms with Crippen molar-refractivity contribution in [3.8, 4) is 0 Å². The number of hydrogen-bond acceptors (Lipinski definition) is 7. The van der Waals surface area contributed by atoms with Crippen LogP contribution in [0.1, 0.15) is 66.2 Å². The van der Waals surface area contributed by atoms with E-state index in [0.717, 1.165) is 0 Å². The maximum Gasteiger partial charge on any atom is 0.326 e. The largest absolute Gasteiger partial charge is 0.481 e. The summed E-state index contributed by atoms with van der Waals surface area (Å²) in [6, 6.07) is -4.35. The van der Waals surface area contributed by atoms with E-state index in [1.54, 1.807) is 27.7 Å². The molecule has 4 atom stereocenters. The summed E-state index contributed by atoms with van der Waals surface area (Å²) in [7, 11) is 0. The van der Waals surface area contributed by atoms with E-state index in [1.807, 2.05) is 0 Å². The molecule has 34 heavy (non-hydrogen) atoms. The normalized spacial score (nSPS) is 14.7. The lowest BCUT2D eigenvalue weighted by molar-refractivity contribution is -0.143. The summed E-state index contributed by atoms with van der Waals surface area (Å²) < 4.78 is 0. The summed E-state index contributed by atoms with van der Waals surface area (Å²) in [5.41, 5.74) is 11.3. The third-order valence-electron chi connectivity index (χ3n) is 5.15. The van der Waals surface area contributed by atoms with Gasteiger partial charge in [0.1, 0.15) is 18.1 Å². The molecule has 0 heterocycles. The molecule has 12 nitrogen and oxygen atoms in total. The second-order valence-corrected chi connectivity index (χ2v) is 9.14. The van der Waals surface area contributed by atoms with Crippen molar-refractivity contribution >= 4 is 29.7 Å². The summed E-state index contributed by atoms with van der Waals surface area (Å²) in [5.74, 6) is -4.84. The highest BCUT2D eigenvalue weighted by molar-refractivity contribution is 5.94. The lowest BCUT2D eigenvalue weighted by Crippen LogP contribution is -2.58. The first-order chi connectivity index (χ1) is 15.8. The van der Waals surface area contributed by atoms with Gasteiger partial charge in [-0.15, -0.1) is 0 Å². The quantitative estimate of drug-likeness (QED) is 0.132. The molecule has 3 amide bonds. The number of nitrogens with two attached hydrogens (primary N) is 2. The van der Waals surface area contributed by atoms with Crippen LogP contribution in [0.3, 0.4) is 0 Å². The maximum absolute atomic E-state index is 12.9. The van der Waals surface area contributed by atoms with E-state index in [4.69, 9.17) is 16.6 Å². The van der Waals surface area contributed by atoms with Crippen LogP contribution in [0.5, 0.6) is 0 Å². The zero-order valence-corrected chi connectivity index (χ0v) is 20.5. The van der Waals surface area contributed by atoms with Gasteiger partial charge in [0.05, 0.1) is 6.04 Å². The molecule has 0 bridgehead atoms. The minimum atomic E-state index is -1.30. The molecule has 0 aromatic heterocycles. The summed E-state index contributed by atoms with van der Waals surface area (Å²) in [6.07, 6.45) is 1.24. The van der Waals surface area contributed by atoms with Crippen LogP contribution in [0.15, 0.2) is 0 Å². The van der Waals surface area contributed by atoms with Gasteiger partial charge in [-0.3, -0.25) is 19.2 Å². The first kappa shape index (κ1) is 31.3. The van der Waals surface area contributed by atoms with Gasteiger partial charge < -0.3 is 37.6 Å². The van der Waals surface area contributed by atoms with Crippen molar-refractivity contribution in [2.45, 2.75) is 90.4 Å². The van der Waals surface area contributed by atoms with E-state index >= 15 is 0 Å². The highest BCUT2D eigenvalue weighted by atomic mass is 16.4. The van der Waals surface area contributed by atoms with Gasteiger partial charge in [0.25, 0.3) is 0 Å². The molecular weight excluding hydrogens is 446 g/mol. The molecule has 4 unspecified atom stereocenters. The second kappa shape index (κ2) is 16.0. The Morgan fingerprint density at radius 3 is 1.85 bits per heavy atom. The number of carboxylic acid groups (broad SMARTS) is 2. The van der Waals surface area contributed by atoms with Gasteiger partial charge in [0.2, 0.25) is 17.7 Å². The SMILES string of the molecule is CC(C)CC(NC(=O)C(CCC(=O)O)NC(=O)C(NC(=O)C(N)CCCCN)C(C)C)C(=O)O. The molecule has 0 saturated carbocycles. The number of carbonyl (C=O) groups is 5. The number of amides is 3.